The van der Waals surface area contributed by atoms with Gasteiger partial charge in [-0.1, -0.05) is 28.1 Å². The Morgan fingerprint density at radius 2 is 1.62 bits per heavy atom. The van der Waals surface area contributed by atoms with Gasteiger partial charge in [-0.3, -0.25) is 9.59 Å². The molecule has 0 aliphatic carbocycles. The van der Waals surface area contributed by atoms with Gasteiger partial charge in [-0.2, -0.15) is 0 Å². The zero-order chi connectivity index (χ0) is 17.7. The Hall–Kier alpha value is -2.14. The number of aryl methyl sites for hydroxylation is 2. The number of esters is 1. The second kappa shape index (κ2) is 8.11. The summed E-state index contributed by atoms with van der Waals surface area (Å²) in [6.45, 7) is 6.05. The molecule has 0 atom stereocenters. The lowest BCUT2D eigenvalue weighted by molar-refractivity contribution is -0.134. The predicted octanol–water partition coefficient (Wildman–Crippen LogP) is 4.10. The number of amides is 1. The van der Waals surface area contributed by atoms with E-state index in [0.29, 0.717) is 11.3 Å². The minimum atomic E-state index is -0.358. The van der Waals surface area contributed by atoms with Crippen LogP contribution >= 0.6 is 15.9 Å². The zero-order valence-corrected chi connectivity index (χ0v) is 15.6. The summed E-state index contributed by atoms with van der Waals surface area (Å²) < 4.78 is 6.37. The molecule has 0 radical (unpaired) electrons. The Labute approximate surface area is 150 Å². The highest BCUT2D eigenvalue weighted by Crippen LogP contribution is 2.26. The van der Waals surface area contributed by atoms with Crippen molar-refractivity contribution in [3.05, 3.63) is 63.1 Å². The highest BCUT2D eigenvalue weighted by Gasteiger charge is 2.12. The Morgan fingerprint density at radius 1 is 1.00 bits per heavy atom. The molecule has 0 saturated carbocycles. The number of carbonyl (C=O) groups is 2. The van der Waals surface area contributed by atoms with Crippen molar-refractivity contribution in [3.63, 3.8) is 0 Å². The second-order valence-corrected chi connectivity index (χ2v) is 6.56. The van der Waals surface area contributed by atoms with Crippen LogP contribution in [-0.4, -0.2) is 18.4 Å². The zero-order valence-electron chi connectivity index (χ0n) is 14.0. The number of benzene rings is 2. The van der Waals surface area contributed by atoms with Crippen molar-refractivity contribution in [2.45, 2.75) is 27.2 Å². The smallest absolute Gasteiger partial charge is 0.312 e. The van der Waals surface area contributed by atoms with Crippen molar-refractivity contribution in [2.24, 2.45) is 0 Å². The summed E-state index contributed by atoms with van der Waals surface area (Å²) in [5, 5.41) is 2.72. The Morgan fingerprint density at radius 3 is 2.29 bits per heavy atom. The summed E-state index contributed by atoms with van der Waals surface area (Å²) in [4.78, 5) is 24.0. The van der Waals surface area contributed by atoms with Gasteiger partial charge < -0.3 is 10.1 Å². The monoisotopic (exact) mass is 389 g/mol. The first-order valence-corrected chi connectivity index (χ1v) is 8.49. The molecule has 0 heterocycles. The van der Waals surface area contributed by atoms with Crippen LogP contribution < -0.4 is 10.1 Å². The van der Waals surface area contributed by atoms with Crippen LogP contribution in [0.3, 0.4) is 0 Å². The van der Waals surface area contributed by atoms with E-state index in [-0.39, 0.29) is 24.8 Å². The van der Waals surface area contributed by atoms with Crippen molar-refractivity contribution < 1.29 is 14.3 Å². The summed E-state index contributed by atoms with van der Waals surface area (Å²) in [7, 11) is 0. The molecule has 2 aromatic rings. The van der Waals surface area contributed by atoms with Crippen LogP contribution in [0.2, 0.25) is 0 Å². The summed E-state index contributed by atoms with van der Waals surface area (Å²) >= 11 is 3.32. The van der Waals surface area contributed by atoms with Gasteiger partial charge in [0.25, 0.3) is 5.91 Å². The van der Waals surface area contributed by atoms with E-state index in [2.05, 4.69) is 21.2 Å². The molecule has 126 valence electrons. The lowest BCUT2D eigenvalue weighted by Crippen LogP contribution is -2.27. The second-order valence-electron chi connectivity index (χ2n) is 5.64. The topological polar surface area (TPSA) is 55.4 Å². The first-order valence-electron chi connectivity index (χ1n) is 7.69. The molecule has 5 heteroatoms. The molecule has 1 N–H and O–H groups in total. The van der Waals surface area contributed by atoms with Crippen LogP contribution in [0.1, 0.15) is 33.5 Å². The number of hydrogen-bond donors (Lipinski definition) is 1. The minimum Gasteiger partial charge on any atom is -0.426 e. The van der Waals surface area contributed by atoms with Gasteiger partial charge in [0.05, 0.1) is 6.42 Å². The summed E-state index contributed by atoms with van der Waals surface area (Å²) in [6, 6.07) is 11.0. The van der Waals surface area contributed by atoms with E-state index in [1.54, 1.807) is 24.3 Å². The average Bonchev–Trinajstić information content (AvgIpc) is 2.55. The van der Waals surface area contributed by atoms with E-state index in [9.17, 15) is 9.59 Å². The van der Waals surface area contributed by atoms with E-state index >= 15 is 0 Å². The molecule has 0 aliphatic heterocycles. The van der Waals surface area contributed by atoms with Crippen molar-refractivity contribution in [3.8, 4) is 5.75 Å². The third-order valence-corrected chi connectivity index (χ3v) is 4.34. The molecule has 2 aromatic carbocycles. The molecule has 0 fully saturated rings. The largest absolute Gasteiger partial charge is 0.426 e. The van der Waals surface area contributed by atoms with Gasteiger partial charge >= 0.3 is 5.97 Å². The fourth-order valence-corrected chi connectivity index (χ4v) is 2.49. The van der Waals surface area contributed by atoms with Gasteiger partial charge in [-0.25, -0.2) is 0 Å². The van der Waals surface area contributed by atoms with Crippen molar-refractivity contribution in [1.29, 1.82) is 0 Å². The molecule has 0 bridgehead atoms. The SMILES string of the molecule is Cc1ccc(C)c(OC(=O)CCNC(=O)c2ccc(Br)cc2)c1C. The molecular weight excluding hydrogens is 370 g/mol. The average molecular weight is 390 g/mol. The molecule has 24 heavy (non-hydrogen) atoms. The van der Waals surface area contributed by atoms with Crippen LogP contribution in [0.25, 0.3) is 0 Å². The van der Waals surface area contributed by atoms with E-state index in [0.717, 1.165) is 21.2 Å². The normalized spacial score (nSPS) is 10.3. The van der Waals surface area contributed by atoms with E-state index in [1.165, 1.54) is 0 Å². The van der Waals surface area contributed by atoms with Gasteiger partial charge in [-0.05, 0) is 61.7 Å². The maximum atomic E-state index is 12.0. The highest BCUT2D eigenvalue weighted by atomic mass is 79.9. The van der Waals surface area contributed by atoms with Crippen LogP contribution in [-0.2, 0) is 4.79 Å². The third-order valence-electron chi connectivity index (χ3n) is 3.81. The molecule has 1 amide bonds. The van der Waals surface area contributed by atoms with E-state index < -0.39 is 0 Å². The third kappa shape index (κ3) is 4.68. The first-order chi connectivity index (χ1) is 11.4. The lowest BCUT2D eigenvalue weighted by atomic mass is 10.1. The Balaban J connectivity index is 1.87. The standard InChI is InChI=1S/C19H20BrNO3/c1-12-4-5-13(2)18(14(12)3)24-17(22)10-11-21-19(23)15-6-8-16(20)9-7-15/h4-9H,10-11H2,1-3H3,(H,21,23). The van der Waals surface area contributed by atoms with Crippen LogP contribution in [0.4, 0.5) is 0 Å². The number of nitrogens with one attached hydrogen (secondary N) is 1. The minimum absolute atomic E-state index is 0.120. The molecule has 0 spiro atoms. The van der Waals surface area contributed by atoms with Gasteiger partial charge in [0.1, 0.15) is 5.75 Å². The lowest BCUT2D eigenvalue weighted by Gasteiger charge is -2.12. The summed E-state index contributed by atoms with van der Waals surface area (Å²) in [5.41, 5.74) is 3.51. The van der Waals surface area contributed by atoms with E-state index in [1.807, 2.05) is 32.9 Å². The molecule has 0 aromatic heterocycles. The summed E-state index contributed by atoms with van der Waals surface area (Å²) in [6.07, 6.45) is 0.120. The van der Waals surface area contributed by atoms with Gasteiger partial charge in [-0.15, -0.1) is 0 Å². The number of carbonyl (C=O) groups excluding carboxylic acids is 2. The molecule has 2 rings (SSSR count). The molecular formula is C19H20BrNO3. The number of ether oxygens (including phenoxy) is 1. The highest BCUT2D eigenvalue weighted by molar-refractivity contribution is 9.10. The van der Waals surface area contributed by atoms with Gasteiger partial charge in [0, 0.05) is 16.6 Å². The first kappa shape index (κ1) is 18.2. The fourth-order valence-electron chi connectivity index (χ4n) is 2.23. The van der Waals surface area contributed by atoms with Gasteiger partial charge in [0.2, 0.25) is 0 Å². The van der Waals surface area contributed by atoms with Crippen LogP contribution in [0.5, 0.6) is 5.75 Å². The predicted molar refractivity (Wildman–Crippen MR) is 97.4 cm³/mol. The summed E-state index contributed by atoms with van der Waals surface area (Å²) in [5.74, 6) is 0.0420. The maximum Gasteiger partial charge on any atom is 0.312 e. The fraction of sp³-hybridized carbons (Fsp3) is 0.263. The molecule has 0 saturated heterocycles. The number of rotatable bonds is 5. The van der Waals surface area contributed by atoms with Crippen LogP contribution in [0.15, 0.2) is 40.9 Å². The maximum absolute atomic E-state index is 12.0. The Bertz CT molecular complexity index is 754. The molecule has 4 nitrogen and oxygen atoms in total. The van der Waals surface area contributed by atoms with Crippen LogP contribution in [0, 0.1) is 20.8 Å². The molecule has 0 aliphatic rings. The quantitative estimate of drug-likeness (QED) is 0.618. The van der Waals surface area contributed by atoms with Crippen molar-refractivity contribution in [1.82, 2.24) is 5.32 Å². The molecule has 0 unspecified atom stereocenters. The van der Waals surface area contributed by atoms with Crippen molar-refractivity contribution in [2.75, 3.05) is 6.54 Å². The number of hydrogen-bond acceptors (Lipinski definition) is 3. The number of halogens is 1. The van der Waals surface area contributed by atoms with E-state index in [4.69, 9.17) is 4.74 Å². The van der Waals surface area contributed by atoms with Crippen molar-refractivity contribution >= 4 is 27.8 Å². The Kier molecular flexibility index (Phi) is 6.15. The van der Waals surface area contributed by atoms with Gasteiger partial charge in [0.15, 0.2) is 0 Å².